The Kier molecular flexibility index (Phi) is 2.35. The molecule has 1 saturated heterocycles. The summed E-state index contributed by atoms with van der Waals surface area (Å²) in [6.07, 6.45) is 2.33. The summed E-state index contributed by atoms with van der Waals surface area (Å²) in [6, 6.07) is 6.34. The minimum Gasteiger partial charge on any atom is -0.358 e. The molecule has 0 spiro atoms. The number of rotatable bonds is 0. The number of carbonyl (C=O) groups excluding carboxylic acids is 1. The van der Waals surface area contributed by atoms with Gasteiger partial charge < -0.3 is 10.2 Å². The molecule has 2 atom stereocenters. The largest absolute Gasteiger partial charge is 0.358 e. The van der Waals surface area contributed by atoms with Crippen LogP contribution in [0.25, 0.3) is 0 Å². The fourth-order valence-electron chi connectivity index (χ4n) is 3.07. The van der Waals surface area contributed by atoms with Crippen LogP contribution in [0, 0.1) is 12.8 Å². The number of carbonyl (C=O) groups is 1. The average molecular weight is 230 g/mol. The molecule has 17 heavy (non-hydrogen) atoms. The second kappa shape index (κ2) is 3.76. The van der Waals surface area contributed by atoms with Gasteiger partial charge in [0.25, 0.3) is 0 Å². The van der Waals surface area contributed by atoms with Crippen molar-refractivity contribution in [3.8, 4) is 0 Å². The van der Waals surface area contributed by atoms with Crippen molar-refractivity contribution >= 4 is 17.3 Å². The van der Waals surface area contributed by atoms with E-state index in [0.717, 1.165) is 18.7 Å². The number of nitrogens with zero attached hydrogens (tertiary/aromatic N) is 1. The molecule has 0 bridgehead atoms. The molecule has 0 aliphatic carbocycles. The first-order valence-electron chi connectivity index (χ1n) is 6.35. The van der Waals surface area contributed by atoms with Crippen LogP contribution in [0.5, 0.6) is 0 Å². The number of nitrogens with one attached hydrogen (secondary N) is 1. The van der Waals surface area contributed by atoms with Crippen LogP contribution in [0.4, 0.5) is 11.4 Å². The number of piperidine rings is 1. The third kappa shape index (κ3) is 1.61. The normalized spacial score (nSPS) is 27.2. The van der Waals surface area contributed by atoms with Gasteiger partial charge in [-0.3, -0.25) is 4.79 Å². The number of anilines is 2. The number of amides is 1. The number of hydrogen-bond acceptors (Lipinski definition) is 2. The first-order chi connectivity index (χ1) is 8.16. The topological polar surface area (TPSA) is 32.3 Å². The lowest BCUT2D eigenvalue weighted by Gasteiger charge is -2.44. The lowest BCUT2D eigenvalue weighted by molar-refractivity contribution is -0.119. The molecule has 3 heteroatoms. The Bertz CT molecular complexity index is 469. The fraction of sp³-hybridized carbons (Fsp3) is 0.500. The second-order valence-electron chi connectivity index (χ2n) is 5.27. The minimum absolute atomic E-state index is 0.0268. The Morgan fingerprint density at radius 3 is 3.06 bits per heavy atom. The average Bonchev–Trinajstić information content (AvgIpc) is 2.28. The Balaban J connectivity index is 2.07. The summed E-state index contributed by atoms with van der Waals surface area (Å²) in [7, 11) is 0. The van der Waals surface area contributed by atoms with Crippen molar-refractivity contribution in [2.75, 3.05) is 16.8 Å². The van der Waals surface area contributed by atoms with E-state index in [2.05, 4.69) is 42.3 Å². The van der Waals surface area contributed by atoms with Crippen LogP contribution in [0.15, 0.2) is 18.2 Å². The Morgan fingerprint density at radius 1 is 1.41 bits per heavy atom. The van der Waals surface area contributed by atoms with Gasteiger partial charge in [-0.05, 0) is 43.4 Å². The van der Waals surface area contributed by atoms with Crippen molar-refractivity contribution in [1.82, 2.24) is 0 Å². The van der Waals surface area contributed by atoms with Crippen LogP contribution in [-0.2, 0) is 4.79 Å². The fourth-order valence-corrected chi connectivity index (χ4v) is 3.07. The molecule has 1 aromatic rings. The molecule has 2 aliphatic heterocycles. The van der Waals surface area contributed by atoms with Gasteiger partial charge in [0.15, 0.2) is 0 Å². The number of fused-ring (bicyclic) bond motifs is 3. The second-order valence-corrected chi connectivity index (χ2v) is 5.27. The monoisotopic (exact) mass is 230 g/mol. The summed E-state index contributed by atoms with van der Waals surface area (Å²) in [5, 5.41) is 3.05. The molecule has 3 nitrogen and oxygen atoms in total. The number of benzene rings is 1. The van der Waals surface area contributed by atoms with Gasteiger partial charge in [-0.25, -0.2) is 0 Å². The van der Waals surface area contributed by atoms with Crippen molar-refractivity contribution in [2.24, 2.45) is 5.92 Å². The Morgan fingerprint density at radius 2 is 2.24 bits per heavy atom. The highest BCUT2D eigenvalue weighted by molar-refractivity contribution is 6.04. The molecule has 2 unspecified atom stereocenters. The molecule has 2 aliphatic rings. The lowest BCUT2D eigenvalue weighted by atomic mass is 9.88. The van der Waals surface area contributed by atoms with E-state index in [9.17, 15) is 4.79 Å². The summed E-state index contributed by atoms with van der Waals surface area (Å²) in [4.78, 5) is 14.4. The van der Waals surface area contributed by atoms with E-state index in [1.54, 1.807) is 0 Å². The van der Waals surface area contributed by atoms with Crippen LogP contribution >= 0.6 is 0 Å². The summed E-state index contributed by atoms with van der Waals surface area (Å²) in [5.41, 5.74) is 3.35. The Hall–Kier alpha value is -1.51. The first kappa shape index (κ1) is 10.6. The molecule has 1 fully saturated rings. The highest BCUT2D eigenvalue weighted by Gasteiger charge is 2.38. The Labute approximate surface area is 102 Å². The first-order valence-corrected chi connectivity index (χ1v) is 6.35. The quantitative estimate of drug-likeness (QED) is 0.743. The van der Waals surface area contributed by atoms with Gasteiger partial charge in [-0.1, -0.05) is 13.0 Å². The van der Waals surface area contributed by atoms with Crippen LogP contribution in [0.3, 0.4) is 0 Å². The predicted octanol–water partition coefficient (Wildman–Crippen LogP) is 2.55. The molecule has 0 saturated carbocycles. The van der Waals surface area contributed by atoms with Crippen LogP contribution in [-0.4, -0.2) is 18.5 Å². The smallest absolute Gasteiger partial charge is 0.247 e. The third-order valence-electron chi connectivity index (χ3n) is 3.92. The van der Waals surface area contributed by atoms with E-state index in [1.165, 1.54) is 17.7 Å². The van der Waals surface area contributed by atoms with Crippen molar-refractivity contribution in [1.29, 1.82) is 0 Å². The summed E-state index contributed by atoms with van der Waals surface area (Å²) in [5.74, 6) is 0.605. The highest BCUT2D eigenvalue weighted by atomic mass is 16.2. The van der Waals surface area contributed by atoms with Crippen LogP contribution < -0.4 is 10.2 Å². The molecule has 3 rings (SSSR count). The van der Waals surface area contributed by atoms with Crippen molar-refractivity contribution in [3.63, 3.8) is 0 Å². The third-order valence-corrected chi connectivity index (χ3v) is 3.92. The lowest BCUT2D eigenvalue weighted by Crippen LogP contribution is -2.54. The van der Waals surface area contributed by atoms with Gasteiger partial charge in [0.2, 0.25) is 5.91 Å². The SMILES string of the molecule is Cc1ccc2c(c1)NC(=O)C1C(C)CCCN21. The van der Waals surface area contributed by atoms with E-state index in [1.807, 2.05) is 0 Å². The van der Waals surface area contributed by atoms with Gasteiger partial charge in [-0.15, -0.1) is 0 Å². The molecule has 0 aromatic heterocycles. The van der Waals surface area contributed by atoms with Gasteiger partial charge in [0, 0.05) is 6.54 Å². The molecule has 1 amide bonds. The minimum atomic E-state index is 0.0268. The van der Waals surface area contributed by atoms with E-state index in [-0.39, 0.29) is 11.9 Å². The van der Waals surface area contributed by atoms with E-state index in [4.69, 9.17) is 0 Å². The standard InChI is InChI=1S/C14H18N2O/c1-9-5-6-12-11(8-9)15-14(17)13-10(2)4-3-7-16(12)13/h5-6,8,10,13H,3-4,7H2,1-2H3,(H,15,17). The molecule has 1 N–H and O–H groups in total. The van der Waals surface area contributed by atoms with Gasteiger partial charge >= 0.3 is 0 Å². The van der Waals surface area contributed by atoms with Crippen LogP contribution in [0.2, 0.25) is 0 Å². The van der Waals surface area contributed by atoms with Crippen molar-refractivity contribution in [3.05, 3.63) is 23.8 Å². The molecular weight excluding hydrogens is 212 g/mol. The maximum atomic E-state index is 12.2. The maximum Gasteiger partial charge on any atom is 0.247 e. The zero-order valence-electron chi connectivity index (χ0n) is 10.4. The number of aryl methyl sites for hydroxylation is 1. The van der Waals surface area contributed by atoms with Crippen molar-refractivity contribution < 1.29 is 4.79 Å². The van der Waals surface area contributed by atoms with Crippen LogP contribution in [0.1, 0.15) is 25.3 Å². The molecule has 1 aromatic carbocycles. The summed E-state index contributed by atoms with van der Waals surface area (Å²) < 4.78 is 0. The van der Waals surface area contributed by atoms with Gasteiger partial charge in [0.05, 0.1) is 11.4 Å². The summed E-state index contributed by atoms with van der Waals surface area (Å²) >= 11 is 0. The molecule has 2 heterocycles. The van der Waals surface area contributed by atoms with Gasteiger partial charge in [-0.2, -0.15) is 0 Å². The zero-order chi connectivity index (χ0) is 12.0. The van der Waals surface area contributed by atoms with Gasteiger partial charge in [0.1, 0.15) is 6.04 Å². The van der Waals surface area contributed by atoms with Crippen molar-refractivity contribution in [2.45, 2.75) is 32.7 Å². The highest BCUT2D eigenvalue weighted by Crippen LogP contribution is 2.38. The zero-order valence-corrected chi connectivity index (χ0v) is 10.4. The summed E-state index contributed by atoms with van der Waals surface area (Å²) in [6.45, 7) is 5.23. The van der Waals surface area contributed by atoms with E-state index in [0.29, 0.717) is 5.92 Å². The molecular formula is C14H18N2O. The van der Waals surface area contributed by atoms with E-state index >= 15 is 0 Å². The maximum absolute atomic E-state index is 12.2. The molecule has 90 valence electrons. The van der Waals surface area contributed by atoms with E-state index < -0.39 is 0 Å². The number of hydrogen-bond donors (Lipinski definition) is 1. The predicted molar refractivity (Wildman–Crippen MR) is 69.3 cm³/mol. The molecule has 0 radical (unpaired) electrons.